The minimum absolute atomic E-state index is 0.0770. The molecule has 2 fully saturated rings. The average molecular weight is 294 g/mol. The summed E-state index contributed by atoms with van der Waals surface area (Å²) in [5, 5.41) is 11.7. The second-order valence-corrected chi connectivity index (χ2v) is 5.36. The van der Waals surface area contributed by atoms with Gasteiger partial charge in [0.25, 0.3) is 0 Å². The van der Waals surface area contributed by atoms with Crippen molar-refractivity contribution in [1.82, 2.24) is 10.2 Å². The minimum Gasteiger partial charge on any atom is -0.480 e. The lowest BCUT2D eigenvalue weighted by atomic mass is 9.83. The van der Waals surface area contributed by atoms with Gasteiger partial charge in [-0.25, -0.2) is 4.79 Å². The summed E-state index contributed by atoms with van der Waals surface area (Å²) in [4.78, 5) is 24.4. The van der Waals surface area contributed by atoms with Gasteiger partial charge in [-0.15, -0.1) is 0 Å². The lowest BCUT2D eigenvalue weighted by Gasteiger charge is -2.40. The molecule has 0 spiro atoms. The molecule has 2 rings (SSSR count). The molecule has 0 saturated carbocycles. The first-order chi connectivity index (χ1) is 9.29. The van der Waals surface area contributed by atoms with E-state index in [1.54, 1.807) is 0 Å². The van der Waals surface area contributed by atoms with E-state index in [2.05, 4.69) is 5.32 Å². The third-order valence-corrected chi connectivity index (χ3v) is 4.16. The first-order valence-electron chi connectivity index (χ1n) is 6.61. The first kappa shape index (κ1) is 15.1. The molecule has 0 aromatic rings. The third kappa shape index (κ3) is 2.36. The Morgan fingerprint density at radius 2 is 2.00 bits per heavy atom. The summed E-state index contributed by atoms with van der Waals surface area (Å²) >= 11 is 0. The molecule has 0 aromatic heterocycles. The first-order valence-corrected chi connectivity index (χ1v) is 6.61. The van der Waals surface area contributed by atoms with Crippen molar-refractivity contribution >= 4 is 11.9 Å². The molecule has 0 aliphatic carbocycles. The summed E-state index contributed by atoms with van der Waals surface area (Å²) in [5.41, 5.74) is -2.47. The molecule has 20 heavy (non-hydrogen) atoms. The quantitative estimate of drug-likeness (QED) is 0.797. The van der Waals surface area contributed by atoms with E-state index in [0.717, 1.165) is 4.90 Å². The number of halogens is 3. The zero-order chi connectivity index (χ0) is 15.0. The molecular formula is C12H17F3N2O3. The minimum atomic E-state index is -4.67. The molecule has 2 atom stereocenters. The number of aliphatic carboxylic acids is 1. The smallest absolute Gasteiger partial charge is 0.404 e. The lowest BCUT2D eigenvalue weighted by molar-refractivity contribution is -0.224. The van der Waals surface area contributed by atoms with Gasteiger partial charge < -0.3 is 15.3 Å². The Bertz CT molecular complexity index is 405. The summed E-state index contributed by atoms with van der Waals surface area (Å²) in [5.74, 6) is -2.33. The lowest BCUT2D eigenvalue weighted by Crippen LogP contribution is -2.58. The SMILES string of the molecule is O=C(O)[C@H]1CCCCN1C(=O)C1(C(F)(F)F)CCNC1. The van der Waals surface area contributed by atoms with Crippen LogP contribution >= 0.6 is 0 Å². The van der Waals surface area contributed by atoms with Gasteiger partial charge in [-0.3, -0.25) is 4.79 Å². The Kier molecular flexibility index (Phi) is 3.95. The van der Waals surface area contributed by atoms with Crippen LogP contribution in [0.3, 0.4) is 0 Å². The zero-order valence-corrected chi connectivity index (χ0v) is 10.9. The van der Waals surface area contributed by atoms with Crippen molar-refractivity contribution in [3.05, 3.63) is 0 Å². The van der Waals surface area contributed by atoms with Crippen LogP contribution in [0.2, 0.25) is 0 Å². The summed E-state index contributed by atoms with van der Waals surface area (Å²) in [6, 6.07) is -1.14. The molecule has 2 aliphatic rings. The van der Waals surface area contributed by atoms with Gasteiger partial charge in [0, 0.05) is 13.1 Å². The molecule has 1 unspecified atom stereocenters. The highest BCUT2D eigenvalue weighted by Gasteiger charge is 2.63. The fourth-order valence-electron chi connectivity index (χ4n) is 2.94. The number of nitrogens with one attached hydrogen (secondary N) is 1. The molecule has 114 valence electrons. The molecule has 0 radical (unpaired) electrons. The van der Waals surface area contributed by atoms with Crippen LogP contribution in [0.25, 0.3) is 0 Å². The van der Waals surface area contributed by atoms with Crippen molar-refractivity contribution in [1.29, 1.82) is 0 Å². The number of carbonyl (C=O) groups excluding carboxylic acids is 1. The van der Waals surface area contributed by atoms with E-state index in [0.29, 0.717) is 12.8 Å². The highest BCUT2D eigenvalue weighted by Crippen LogP contribution is 2.45. The number of rotatable bonds is 2. The Labute approximate surface area is 114 Å². The van der Waals surface area contributed by atoms with E-state index in [4.69, 9.17) is 5.11 Å². The fraction of sp³-hybridized carbons (Fsp3) is 0.833. The Balaban J connectivity index is 2.29. The standard InChI is InChI=1S/C12H17F3N2O3/c13-12(14,15)11(4-5-16-7-11)10(20)17-6-2-1-3-8(17)9(18)19/h8,16H,1-7H2,(H,18,19)/t8-,11?/m1/s1. The molecule has 8 heteroatoms. The molecule has 2 N–H and O–H groups in total. The number of amides is 1. The average Bonchev–Trinajstić information content (AvgIpc) is 2.88. The van der Waals surface area contributed by atoms with E-state index >= 15 is 0 Å². The van der Waals surface area contributed by atoms with Crippen molar-refractivity contribution in [3.63, 3.8) is 0 Å². The molecule has 5 nitrogen and oxygen atoms in total. The molecule has 0 bridgehead atoms. The zero-order valence-electron chi connectivity index (χ0n) is 10.9. The fourth-order valence-corrected chi connectivity index (χ4v) is 2.94. The largest absolute Gasteiger partial charge is 0.480 e. The van der Waals surface area contributed by atoms with Gasteiger partial charge >= 0.3 is 12.1 Å². The van der Waals surface area contributed by atoms with E-state index in [1.807, 2.05) is 0 Å². The van der Waals surface area contributed by atoms with Gasteiger partial charge in [0.15, 0.2) is 5.41 Å². The Morgan fingerprint density at radius 1 is 1.30 bits per heavy atom. The number of hydrogen-bond donors (Lipinski definition) is 2. The molecule has 1 amide bonds. The van der Waals surface area contributed by atoms with Crippen molar-refractivity contribution in [2.45, 2.75) is 37.9 Å². The molecule has 0 aromatic carbocycles. The van der Waals surface area contributed by atoms with Gasteiger partial charge in [-0.1, -0.05) is 0 Å². The van der Waals surface area contributed by atoms with Crippen molar-refractivity contribution in [3.8, 4) is 0 Å². The van der Waals surface area contributed by atoms with Gasteiger partial charge in [0.1, 0.15) is 6.04 Å². The van der Waals surface area contributed by atoms with E-state index < -0.39 is 36.1 Å². The number of carboxylic acids is 1. The summed E-state index contributed by atoms with van der Waals surface area (Å²) in [6.07, 6.45) is -3.65. The predicted octanol–water partition coefficient (Wildman–Crippen LogP) is 0.994. The Hall–Kier alpha value is -1.31. The maximum Gasteiger partial charge on any atom is 0.404 e. The summed E-state index contributed by atoms with van der Waals surface area (Å²) in [6.45, 7) is -0.289. The van der Waals surface area contributed by atoms with Crippen molar-refractivity contribution in [2.24, 2.45) is 5.41 Å². The van der Waals surface area contributed by atoms with Gasteiger partial charge in [-0.2, -0.15) is 13.2 Å². The van der Waals surface area contributed by atoms with Crippen LogP contribution in [0.5, 0.6) is 0 Å². The highest BCUT2D eigenvalue weighted by atomic mass is 19.4. The van der Waals surface area contributed by atoms with E-state index in [1.165, 1.54) is 0 Å². The van der Waals surface area contributed by atoms with Crippen LogP contribution < -0.4 is 5.32 Å². The third-order valence-electron chi connectivity index (χ3n) is 4.16. The van der Waals surface area contributed by atoms with E-state index in [-0.39, 0.29) is 25.9 Å². The van der Waals surface area contributed by atoms with Crippen molar-refractivity contribution in [2.75, 3.05) is 19.6 Å². The van der Waals surface area contributed by atoms with Crippen LogP contribution in [0, 0.1) is 5.41 Å². The second kappa shape index (κ2) is 5.23. The second-order valence-electron chi connectivity index (χ2n) is 5.36. The summed E-state index contributed by atoms with van der Waals surface area (Å²) in [7, 11) is 0. The highest BCUT2D eigenvalue weighted by molar-refractivity contribution is 5.89. The molecule has 2 heterocycles. The molecule has 2 aliphatic heterocycles. The van der Waals surface area contributed by atoms with Gasteiger partial charge in [-0.05, 0) is 32.2 Å². The van der Waals surface area contributed by atoms with Crippen LogP contribution in [0.4, 0.5) is 13.2 Å². The number of likely N-dealkylation sites (tertiary alicyclic amines) is 1. The van der Waals surface area contributed by atoms with Crippen LogP contribution in [-0.4, -0.2) is 53.7 Å². The van der Waals surface area contributed by atoms with Gasteiger partial charge in [0.05, 0.1) is 0 Å². The number of carboxylic acid groups (broad SMARTS) is 1. The number of hydrogen-bond acceptors (Lipinski definition) is 3. The topological polar surface area (TPSA) is 69.6 Å². The van der Waals surface area contributed by atoms with Crippen LogP contribution in [0.15, 0.2) is 0 Å². The molecular weight excluding hydrogens is 277 g/mol. The van der Waals surface area contributed by atoms with Gasteiger partial charge in [0.2, 0.25) is 5.91 Å². The van der Waals surface area contributed by atoms with Crippen LogP contribution in [-0.2, 0) is 9.59 Å². The summed E-state index contributed by atoms with van der Waals surface area (Å²) < 4.78 is 39.9. The maximum absolute atomic E-state index is 13.3. The maximum atomic E-state index is 13.3. The van der Waals surface area contributed by atoms with Crippen molar-refractivity contribution < 1.29 is 27.9 Å². The predicted molar refractivity (Wildman–Crippen MR) is 63.0 cm³/mol. The number of nitrogens with zero attached hydrogens (tertiary/aromatic N) is 1. The monoisotopic (exact) mass is 294 g/mol. The number of piperidine rings is 1. The Morgan fingerprint density at radius 3 is 2.50 bits per heavy atom. The number of carbonyl (C=O) groups is 2. The van der Waals surface area contributed by atoms with Crippen LogP contribution in [0.1, 0.15) is 25.7 Å². The van der Waals surface area contributed by atoms with E-state index in [9.17, 15) is 22.8 Å². The molecule has 2 saturated heterocycles. The normalized spacial score (nSPS) is 31.4. The number of alkyl halides is 3.